The van der Waals surface area contributed by atoms with Crippen molar-refractivity contribution >= 4 is 35.1 Å². The molecule has 0 aromatic heterocycles. The van der Waals surface area contributed by atoms with E-state index in [0.717, 1.165) is 13.8 Å². The summed E-state index contributed by atoms with van der Waals surface area (Å²) in [6.07, 6.45) is 0. The highest BCUT2D eigenvalue weighted by Crippen LogP contribution is 2.23. The third-order valence-corrected chi connectivity index (χ3v) is 2.54. The molecule has 0 heterocycles. The van der Waals surface area contributed by atoms with Gasteiger partial charge in [-0.05, 0) is 12.1 Å². The number of carbonyl (C=O) groups excluding carboxylic acids is 4. The molecule has 0 atom stereocenters. The van der Waals surface area contributed by atoms with E-state index in [9.17, 15) is 24.4 Å². The summed E-state index contributed by atoms with van der Waals surface area (Å²) < 4.78 is 9.09. The van der Waals surface area contributed by atoms with Crippen molar-refractivity contribution in [2.24, 2.45) is 0 Å². The molecule has 0 aliphatic carbocycles. The largest absolute Gasteiger partial charge is 0.456 e. The number of hydrogen-bond acceptors (Lipinski definition) is 7. The Kier molecular flexibility index (Phi) is 6.91. The second-order valence-corrected chi connectivity index (χ2v) is 4.50. The molecule has 1 rings (SSSR count). The Morgan fingerprint density at radius 2 is 1.38 bits per heavy atom. The molecule has 24 heavy (non-hydrogen) atoms. The number of anilines is 2. The molecular weight excluding hydrogens is 318 g/mol. The maximum atomic E-state index is 11.7. The summed E-state index contributed by atoms with van der Waals surface area (Å²) in [5, 5.41) is 14.0. The van der Waals surface area contributed by atoms with Crippen LogP contribution >= 0.6 is 0 Å². The van der Waals surface area contributed by atoms with Crippen LogP contribution in [0.5, 0.6) is 0 Å². The summed E-state index contributed by atoms with van der Waals surface area (Å²) in [4.78, 5) is 44.6. The predicted molar refractivity (Wildman–Crippen MR) is 81.7 cm³/mol. The normalized spacial score (nSPS) is 9.38. The second-order valence-electron chi connectivity index (χ2n) is 4.50. The predicted octanol–water partition coefficient (Wildman–Crippen LogP) is 0.561. The zero-order valence-corrected chi connectivity index (χ0v) is 13.0. The lowest BCUT2D eigenvalue weighted by molar-refractivity contribution is -0.145. The summed E-state index contributed by atoms with van der Waals surface area (Å²) in [5.74, 6) is -2.50. The monoisotopic (exact) mass is 333 g/mol. The van der Waals surface area contributed by atoms with Crippen molar-refractivity contribution in [1.82, 2.24) is 0 Å². The van der Waals surface area contributed by atoms with Crippen LogP contribution in [0.4, 0.5) is 11.4 Å². The highest BCUT2D eigenvalue weighted by molar-refractivity contribution is 5.98. The fraction of sp³-hybridized carbons (Fsp3) is 0.267. The average molecular weight is 333 g/mol. The van der Waals surface area contributed by atoms with Crippen molar-refractivity contribution in [3.05, 3.63) is 23.8 Å². The molecule has 0 unspecified atom stereocenters. The molecule has 1 aromatic rings. The fourth-order valence-corrected chi connectivity index (χ4v) is 1.59. The second kappa shape index (κ2) is 8.89. The van der Waals surface area contributed by atoms with Gasteiger partial charge < -0.3 is 20.1 Å². The van der Waals surface area contributed by atoms with Gasteiger partial charge in [0.05, 0.1) is 16.9 Å². The molecule has 0 aliphatic rings. The van der Waals surface area contributed by atoms with Crippen LogP contribution in [0.15, 0.2) is 18.2 Å². The van der Waals surface area contributed by atoms with E-state index < -0.39 is 37.0 Å². The summed E-state index contributed by atoms with van der Waals surface area (Å²) in [7, 11) is 0. The Bertz CT molecular complexity index is 657. The van der Waals surface area contributed by atoms with E-state index >= 15 is 0 Å². The maximum Gasteiger partial charge on any atom is 0.303 e. The minimum atomic E-state index is -0.634. The lowest BCUT2D eigenvalue weighted by atomic mass is 10.1. The Morgan fingerprint density at radius 3 is 1.71 bits per heavy atom. The SMILES string of the molecule is CC(=O)OCC(=O)Nc1cccc(NC(=O)COC(C)=O)c1C#N. The molecule has 126 valence electrons. The number of amides is 2. The molecule has 0 fully saturated rings. The van der Waals surface area contributed by atoms with Gasteiger partial charge in [-0.2, -0.15) is 5.26 Å². The number of ether oxygens (including phenoxy) is 2. The van der Waals surface area contributed by atoms with E-state index in [2.05, 4.69) is 20.1 Å². The minimum absolute atomic E-state index is 0.00449. The molecule has 2 amide bonds. The van der Waals surface area contributed by atoms with Crippen LogP contribution in [-0.4, -0.2) is 37.0 Å². The molecule has 0 saturated heterocycles. The Morgan fingerprint density at radius 1 is 0.958 bits per heavy atom. The van der Waals surface area contributed by atoms with Crippen LogP contribution in [0.25, 0.3) is 0 Å². The van der Waals surface area contributed by atoms with Gasteiger partial charge in [0.15, 0.2) is 13.2 Å². The first kappa shape index (κ1) is 18.6. The molecule has 0 bridgehead atoms. The van der Waals surface area contributed by atoms with Crippen molar-refractivity contribution in [3.63, 3.8) is 0 Å². The quantitative estimate of drug-likeness (QED) is 0.726. The molecule has 0 radical (unpaired) electrons. The smallest absolute Gasteiger partial charge is 0.303 e. The molecule has 9 nitrogen and oxygen atoms in total. The first-order valence-corrected chi connectivity index (χ1v) is 6.73. The van der Waals surface area contributed by atoms with E-state index in [4.69, 9.17) is 0 Å². The zero-order valence-electron chi connectivity index (χ0n) is 13.0. The van der Waals surface area contributed by atoms with Crippen molar-refractivity contribution in [2.45, 2.75) is 13.8 Å². The van der Waals surface area contributed by atoms with Gasteiger partial charge in [0.2, 0.25) is 0 Å². The van der Waals surface area contributed by atoms with Crippen LogP contribution in [-0.2, 0) is 28.7 Å². The standard InChI is InChI=1S/C15H15N3O6/c1-9(19)23-7-14(21)17-12-4-3-5-13(11(12)6-16)18-15(22)8-24-10(2)20/h3-5H,7-8H2,1-2H3,(H,17,21)(H,18,22). The van der Waals surface area contributed by atoms with Gasteiger partial charge in [-0.25, -0.2) is 0 Å². The Labute approximate surface area is 137 Å². The molecule has 0 aliphatic heterocycles. The Balaban J connectivity index is 2.84. The van der Waals surface area contributed by atoms with E-state index in [-0.39, 0.29) is 16.9 Å². The first-order valence-electron chi connectivity index (χ1n) is 6.73. The van der Waals surface area contributed by atoms with Crippen molar-refractivity contribution < 1.29 is 28.7 Å². The first-order chi connectivity index (χ1) is 11.3. The highest BCUT2D eigenvalue weighted by Gasteiger charge is 2.14. The van der Waals surface area contributed by atoms with E-state index in [1.807, 2.05) is 6.07 Å². The lowest BCUT2D eigenvalue weighted by Crippen LogP contribution is -2.22. The van der Waals surface area contributed by atoms with Gasteiger partial charge in [-0.15, -0.1) is 0 Å². The van der Waals surface area contributed by atoms with Crippen LogP contribution in [0.1, 0.15) is 19.4 Å². The fourth-order valence-electron chi connectivity index (χ4n) is 1.59. The minimum Gasteiger partial charge on any atom is -0.456 e. The summed E-state index contributed by atoms with van der Waals surface area (Å²) in [6, 6.07) is 6.26. The summed E-state index contributed by atoms with van der Waals surface area (Å²) in [6.45, 7) is 1.33. The number of esters is 2. The summed E-state index contributed by atoms with van der Waals surface area (Å²) >= 11 is 0. The zero-order chi connectivity index (χ0) is 18.1. The highest BCUT2D eigenvalue weighted by atomic mass is 16.5. The molecule has 0 saturated carbocycles. The maximum absolute atomic E-state index is 11.7. The molecule has 2 N–H and O–H groups in total. The number of nitrogens with one attached hydrogen (secondary N) is 2. The summed E-state index contributed by atoms with van der Waals surface area (Å²) in [5.41, 5.74) is 0.282. The van der Waals surface area contributed by atoms with Gasteiger partial charge in [-0.3, -0.25) is 19.2 Å². The number of nitrogens with zero attached hydrogens (tertiary/aromatic N) is 1. The average Bonchev–Trinajstić information content (AvgIpc) is 2.51. The number of hydrogen-bond donors (Lipinski definition) is 2. The van der Waals surface area contributed by atoms with E-state index in [0.29, 0.717) is 0 Å². The molecule has 0 spiro atoms. The molecule has 1 aromatic carbocycles. The van der Waals surface area contributed by atoms with Gasteiger partial charge in [0, 0.05) is 13.8 Å². The van der Waals surface area contributed by atoms with E-state index in [1.165, 1.54) is 18.2 Å². The van der Waals surface area contributed by atoms with Crippen molar-refractivity contribution in [2.75, 3.05) is 23.8 Å². The number of rotatable bonds is 6. The topological polar surface area (TPSA) is 135 Å². The molecule has 9 heteroatoms. The number of carbonyl (C=O) groups is 4. The van der Waals surface area contributed by atoms with Gasteiger partial charge in [-0.1, -0.05) is 6.07 Å². The number of nitriles is 1. The van der Waals surface area contributed by atoms with Crippen molar-refractivity contribution in [3.8, 4) is 6.07 Å². The lowest BCUT2D eigenvalue weighted by Gasteiger charge is -2.12. The number of benzene rings is 1. The van der Waals surface area contributed by atoms with Gasteiger partial charge in [0.1, 0.15) is 6.07 Å². The van der Waals surface area contributed by atoms with Gasteiger partial charge >= 0.3 is 11.9 Å². The van der Waals surface area contributed by atoms with Crippen LogP contribution < -0.4 is 10.6 Å². The Hall–Kier alpha value is -3.41. The van der Waals surface area contributed by atoms with Crippen LogP contribution in [0.3, 0.4) is 0 Å². The van der Waals surface area contributed by atoms with Crippen molar-refractivity contribution in [1.29, 1.82) is 5.26 Å². The third-order valence-electron chi connectivity index (χ3n) is 2.54. The third kappa shape index (κ3) is 6.15. The van der Waals surface area contributed by atoms with E-state index in [1.54, 1.807) is 0 Å². The van der Waals surface area contributed by atoms with Crippen LogP contribution in [0.2, 0.25) is 0 Å². The molecular formula is C15H15N3O6. The van der Waals surface area contributed by atoms with Gasteiger partial charge in [0.25, 0.3) is 11.8 Å². The van der Waals surface area contributed by atoms with Crippen LogP contribution in [0, 0.1) is 11.3 Å².